The SMILES string of the molecule is O=C(N[C@H]1CC[C@H](CN2C(=O)C3(CN(C(=O)C4CC4)C3)c3ccccc32)CC1)c1cc(Cl)cnc1C(F)F. The van der Waals surface area contributed by atoms with Gasteiger partial charge in [0.05, 0.1) is 10.6 Å². The number of aromatic nitrogens is 1. The number of benzene rings is 1. The van der Waals surface area contributed by atoms with Crippen molar-refractivity contribution >= 4 is 35.0 Å². The van der Waals surface area contributed by atoms with Gasteiger partial charge >= 0.3 is 0 Å². The molecule has 2 saturated carbocycles. The van der Waals surface area contributed by atoms with E-state index in [0.717, 1.165) is 43.1 Å². The van der Waals surface area contributed by atoms with Crippen molar-refractivity contribution in [3.05, 3.63) is 58.4 Å². The summed E-state index contributed by atoms with van der Waals surface area (Å²) in [6.07, 6.45) is 3.11. The largest absolute Gasteiger partial charge is 0.349 e. The molecule has 7 nitrogen and oxygen atoms in total. The lowest BCUT2D eigenvalue weighted by Crippen LogP contribution is -2.65. The van der Waals surface area contributed by atoms with Crippen molar-refractivity contribution in [3.8, 4) is 0 Å². The lowest BCUT2D eigenvalue weighted by molar-refractivity contribution is -0.145. The molecule has 1 spiro atoms. The van der Waals surface area contributed by atoms with E-state index in [-0.39, 0.29) is 40.3 Å². The molecular weight excluding hydrogens is 514 g/mol. The highest BCUT2D eigenvalue weighted by molar-refractivity contribution is 6.30. The van der Waals surface area contributed by atoms with Crippen molar-refractivity contribution in [2.75, 3.05) is 24.5 Å². The first-order valence-electron chi connectivity index (χ1n) is 13.2. The Balaban J connectivity index is 1.08. The second-order valence-corrected chi connectivity index (χ2v) is 11.5. The van der Waals surface area contributed by atoms with Gasteiger partial charge in [-0.05, 0) is 62.1 Å². The Kier molecular flexibility index (Phi) is 6.37. The maximum Gasteiger partial charge on any atom is 0.281 e. The van der Waals surface area contributed by atoms with Crippen LogP contribution in [0.2, 0.25) is 5.02 Å². The van der Waals surface area contributed by atoms with Crippen LogP contribution >= 0.6 is 11.6 Å². The zero-order valence-corrected chi connectivity index (χ0v) is 21.6. The van der Waals surface area contributed by atoms with Gasteiger partial charge in [0.1, 0.15) is 11.1 Å². The fraction of sp³-hybridized carbons (Fsp3) is 0.500. The number of anilines is 1. The fourth-order valence-electron chi connectivity index (χ4n) is 6.25. The lowest BCUT2D eigenvalue weighted by Gasteiger charge is -2.47. The number of nitrogens with one attached hydrogen (secondary N) is 1. The Hall–Kier alpha value is -3.07. The molecule has 3 fully saturated rings. The third kappa shape index (κ3) is 4.34. The van der Waals surface area contributed by atoms with E-state index >= 15 is 0 Å². The maximum absolute atomic E-state index is 13.7. The molecule has 0 atom stereocenters. The van der Waals surface area contributed by atoms with Crippen LogP contribution in [0.4, 0.5) is 14.5 Å². The predicted molar refractivity (Wildman–Crippen MR) is 137 cm³/mol. The normalized spacial score (nSPS) is 23.9. The highest BCUT2D eigenvalue weighted by Crippen LogP contribution is 2.49. The standard InChI is InChI=1S/C28H29ClF2N4O3/c29-18-11-20(23(24(30)31)32-12-18)25(36)33-19-9-5-16(6-10-19)13-35-22-4-2-1-3-21(22)28(27(35)38)14-34(15-28)26(37)17-7-8-17/h1-4,11-12,16-17,19,24H,5-10,13-15H2,(H,33,36)/t16-,19-. The summed E-state index contributed by atoms with van der Waals surface area (Å²) >= 11 is 5.89. The summed E-state index contributed by atoms with van der Waals surface area (Å²) in [6.45, 7) is 1.49. The van der Waals surface area contributed by atoms with E-state index in [0.29, 0.717) is 32.5 Å². The van der Waals surface area contributed by atoms with Crippen molar-refractivity contribution in [1.29, 1.82) is 0 Å². The number of hydrogen-bond donors (Lipinski definition) is 1. The molecule has 1 N–H and O–H groups in total. The number of pyridine rings is 1. The molecule has 38 heavy (non-hydrogen) atoms. The van der Waals surface area contributed by atoms with E-state index in [1.807, 2.05) is 34.1 Å². The van der Waals surface area contributed by atoms with Gasteiger partial charge in [0.15, 0.2) is 0 Å². The molecule has 0 unspecified atom stereocenters. The Morgan fingerprint density at radius 2 is 1.82 bits per heavy atom. The van der Waals surface area contributed by atoms with E-state index in [9.17, 15) is 23.2 Å². The van der Waals surface area contributed by atoms with Gasteiger partial charge < -0.3 is 15.1 Å². The first-order valence-corrected chi connectivity index (χ1v) is 13.6. The highest BCUT2D eigenvalue weighted by atomic mass is 35.5. The predicted octanol–water partition coefficient (Wildman–Crippen LogP) is 4.50. The van der Waals surface area contributed by atoms with Crippen LogP contribution in [0.3, 0.4) is 0 Å². The summed E-state index contributed by atoms with van der Waals surface area (Å²) in [6, 6.07) is 8.96. The summed E-state index contributed by atoms with van der Waals surface area (Å²) in [5.74, 6) is 0.0440. The van der Waals surface area contributed by atoms with Crippen LogP contribution in [-0.4, -0.2) is 53.3 Å². The van der Waals surface area contributed by atoms with Crippen LogP contribution in [0.25, 0.3) is 0 Å². The fourth-order valence-corrected chi connectivity index (χ4v) is 6.41. The average molecular weight is 543 g/mol. The van der Waals surface area contributed by atoms with E-state index in [2.05, 4.69) is 10.3 Å². The van der Waals surface area contributed by atoms with Gasteiger partial charge in [0.2, 0.25) is 11.8 Å². The second kappa shape index (κ2) is 9.59. The number of likely N-dealkylation sites (tertiary alicyclic amines) is 1. The third-order valence-corrected chi connectivity index (χ3v) is 8.69. The summed E-state index contributed by atoms with van der Waals surface area (Å²) in [4.78, 5) is 46.4. The van der Waals surface area contributed by atoms with Crippen LogP contribution in [-0.2, 0) is 15.0 Å². The number of fused-ring (bicyclic) bond motifs is 2. The molecule has 2 aromatic rings. The molecule has 3 amide bonds. The molecule has 1 aromatic heterocycles. The minimum atomic E-state index is -2.87. The minimum absolute atomic E-state index is 0.0713. The van der Waals surface area contributed by atoms with E-state index < -0.39 is 23.4 Å². The highest BCUT2D eigenvalue weighted by Gasteiger charge is 2.60. The van der Waals surface area contributed by atoms with Gasteiger partial charge in [0.25, 0.3) is 12.3 Å². The van der Waals surface area contributed by atoms with E-state index in [4.69, 9.17) is 11.6 Å². The lowest BCUT2D eigenvalue weighted by atomic mass is 9.74. The molecule has 2 aliphatic heterocycles. The topological polar surface area (TPSA) is 82.6 Å². The van der Waals surface area contributed by atoms with Gasteiger partial charge in [-0.1, -0.05) is 29.8 Å². The Labute approximate surface area is 224 Å². The molecular formula is C28H29ClF2N4O3. The number of carbonyl (C=O) groups is 3. The molecule has 4 aliphatic rings. The number of nitrogens with zero attached hydrogens (tertiary/aromatic N) is 3. The Morgan fingerprint density at radius 1 is 1.11 bits per heavy atom. The molecule has 0 radical (unpaired) electrons. The van der Waals surface area contributed by atoms with Crippen molar-refractivity contribution in [2.24, 2.45) is 11.8 Å². The van der Waals surface area contributed by atoms with Crippen LogP contribution in [0.15, 0.2) is 36.5 Å². The number of alkyl halides is 2. The van der Waals surface area contributed by atoms with Crippen LogP contribution < -0.4 is 10.2 Å². The van der Waals surface area contributed by atoms with Gasteiger partial charge in [-0.25, -0.2) is 8.78 Å². The molecule has 200 valence electrons. The van der Waals surface area contributed by atoms with Crippen molar-refractivity contribution in [2.45, 2.75) is 56.4 Å². The monoisotopic (exact) mass is 542 g/mol. The minimum Gasteiger partial charge on any atom is -0.349 e. The van der Waals surface area contributed by atoms with E-state index in [1.165, 1.54) is 6.07 Å². The quantitative estimate of drug-likeness (QED) is 0.583. The zero-order chi connectivity index (χ0) is 26.6. The molecule has 6 rings (SSSR count). The summed E-state index contributed by atoms with van der Waals surface area (Å²) in [5, 5.41) is 3.00. The Morgan fingerprint density at radius 3 is 2.50 bits per heavy atom. The average Bonchev–Trinajstić information content (AvgIpc) is 3.70. The van der Waals surface area contributed by atoms with Gasteiger partial charge in [-0.3, -0.25) is 19.4 Å². The second-order valence-electron chi connectivity index (χ2n) is 11.1. The number of rotatable bonds is 6. The maximum atomic E-state index is 13.7. The molecule has 0 bridgehead atoms. The number of hydrogen-bond acceptors (Lipinski definition) is 4. The number of para-hydroxylation sites is 1. The van der Waals surface area contributed by atoms with Gasteiger partial charge in [0, 0.05) is 43.5 Å². The van der Waals surface area contributed by atoms with Crippen molar-refractivity contribution in [3.63, 3.8) is 0 Å². The van der Waals surface area contributed by atoms with E-state index in [1.54, 1.807) is 0 Å². The molecule has 1 aromatic carbocycles. The molecule has 10 heteroatoms. The van der Waals surface area contributed by atoms with Crippen molar-refractivity contribution in [1.82, 2.24) is 15.2 Å². The van der Waals surface area contributed by atoms with Gasteiger partial charge in [-0.15, -0.1) is 0 Å². The smallest absolute Gasteiger partial charge is 0.281 e. The summed E-state index contributed by atoms with van der Waals surface area (Å²) < 4.78 is 26.7. The third-order valence-electron chi connectivity index (χ3n) is 8.48. The van der Waals surface area contributed by atoms with Gasteiger partial charge in [-0.2, -0.15) is 0 Å². The Bertz CT molecular complexity index is 1290. The molecule has 3 heterocycles. The molecule has 2 aliphatic carbocycles. The first kappa shape index (κ1) is 25.2. The van der Waals surface area contributed by atoms with Crippen LogP contribution in [0.1, 0.15) is 66.6 Å². The number of carbonyl (C=O) groups excluding carboxylic acids is 3. The number of halogens is 3. The zero-order valence-electron chi connectivity index (χ0n) is 20.8. The summed E-state index contributed by atoms with van der Waals surface area (Å²) in [5.41, 5.74) is 0.526. The summed E-state index contributed by atoms with van der Waals surface area (Å²) in [7, 11) is 0. The van der Waals surface area contributed by atoms with Crippen molar-refractivity contribution < 1.29 is 23.2 Å². The van der Waals surface area contributed by atoms with Crippen LogP contribution in [0.5, 0.6) is 0 Å². The first-order chi connectivity index (χ1) is 18.3. The molecule has 1 saturated heterocycles. The van der Waals surface area contributed by atoms with Crippen LogP contribution in [0, 0.1) is 11.8 Å². The number of amides is 3.